The number of halogens is 1. The Morgan fingerprint density at radius 3 is 2.75 bits per heavy atom. The fourth-order valence-corrected chi connectivity index (χ4v) is 1.31. The van der Waals surface area contributed by atoms with Gasteiger partial charge in [0.25, 0.3) is 5.91 Å². The fraction of sp³-hybridized carbons (Fsp3) is 0.455. The van der Waals surface area contributed by atoms with E-state index >= 15 is 0 Å². The van der Waals surface area contributed by atoms with Crippen LogP contribution >= 0.6 is 12.4 Å². The minimum absolute atomic E-state index is 0. The summed E-state index contributed by atoms with van der Waals surface area (Å²) in [5, 5.41) is 2.88. The number of nitrogens with one attached hydrogen (secondary N) is 1. The number of rotatable bonds is 3. The average molecular weight is 242 g/mol. The maximum Gasteiger partial charge on any atom is 0.269 e. The van der Waals surface area contributed by atoms with Gasteiger partial charge in [0, 0.05) is 6.54 Å². The monoisotopic (exact) mass is 241 g/mol. The van der Waals surface area contributed by atoms with Crippen LogP contribution in [0.5, 0.6) is 0 Å². The highest BCUT2D eigenvalue weighted by Crippen LogP contribution is 2.44. The van der Waals surface area contributed by atoms with Crippen molar-refractivity contribution in [2.45, 2.75) is 19.8 Å². The first-order chi connectivity index (χ1) is 7.09. The zero-order valence-corrected chi connectivity index (χ0v) is 10.0. The quantitative estimate of drug-likeness (QED) is 0.845. The van der Waals surface area contributed by atoms with E-state index in [9.17, 15) is 4.79 Å². The third-order valence-electron chi connectivity index (χ3n) is 2.80. The minimum atomic E-state index is -0.122. The van der Waals surface area contributed by atoms with Crippen molar-refractivity contribution in [2.75, 3.05) is 12.3 Å². The highest BCUT2D eigenvalue weighted by atomic mass is 35.5. The van der Waals surface area contributed by atoms with E-state index < -0.39 is 0 Å². The largest absolute Gasteiger partial charge is 0.397 e. The van der Waals surface area contributed by atoms with Crippen molar-refractivity contribution in [3.8, 4) is 0 Å². The van der Waals surface area contributed by atoms with Gasteiger partial charge >= 0.3 is 0 Å². The van der Waals surface area contributed by atoms with Gasteiger partial charge in [-0.3, -0.25) is 4.79 Å². The molecule has 0 saturated heterocycles. The lowest BCUT2D eigenvalue weighted by molar-refractivity contribution is 0.0941. The second-order valence-corrected chi connectivity index (χ2v) is 4.47. The second-order valence-electron chi connectivity index (χ2n) is 4.47. The maximum atomic E-state index is 11.6. The highest BCUT2D eigenvalue weighted by molar-refractivity contribution is 5.92. The number of carbonyl (C=O) groups excluding carboxylic acids is 1. The van der Waals surface area contributed by atoms with E-state index in [0.29, 0.717) is 16.8 Å². The van der Waals surface area contributed by atoms with Crippen molar-refractivity contribution in [3.63, 3.8) is 0 Å². The second kappa shape index (κ2) is 4.70. The lowest BCUT2D eigenvalue weighted by Gasteiger charge is -2.09. The molecule has 4 nitrogen and oxygen atoms in total. The van der Waals surface area contributed by atoms with Crippen LogP contribution in [0.4, 0.5) is 5.69 Å². The van der Waals surface area contributed by atoms with E-state index in [2.05, 4.69) is 17.2 Å². The molecule has 0 spiro atoms. The summed E-state index contributed by atoms with van der Waals surface area (Å²) in [5.41, 5.74) is 6.80. The Morgan fingerprint density at radius 1 is 1.56 bits per heavy atom. The number of nitrogen functional groups attached to an aromatic ring is 1. The summed E-state index contributed by atoms with van der Waals surface area (Å²) in [7, 11) is 0. The van der Waals surface area contributed by atoms with Crippen molar-refractivity contribution in [2.24, 2.45) is 5.41 Å². The molecular weight excluding hydrogens is 226 g/mol. The zero-order valence-electron chi connectivity index (χ0n) is 9.19. The van der Waals surface area contributed by atoms with E-state index in [-0.39, 0.29) is 18.3 Å². The van der Waals surface area contributed by atoms with E-state index in [1.807, 2.05) is 0 Å². The minimum Gasteiger partial charge on any atom is -0.397 e. The predicted octanol–water partition coefficient (Wildman–Crippen LogP) is 1.62. The van der Waals surface area contributed by atoms with E-state index in [4.69, 9.17) is 5.73 Å². The van der Waals surface area contributed by atoms with Crippen molar-refractivity contribution in [1.29, 1.82) is 0 Å². The number of pyridine rings is 1. The van der Waals surface area contributed by atoms with Crippen molar-refractivity contribution in [1.82, 2.24) is 10.3 Å². The first-order valence-electron chi connectivity index (χ1n) is 5.09. The Balaban J connectivity index is 0.00000128. The molecule has 0 unspecified atom stereocenters. The van der Waals surface area contributed by atoms with Crippen LogP contribution in [-0.4, -0.2) is 17.4 Å². The summed E-state index contributed by atoms with van der Waals surface area (Å²) in [6.07, 6.45) is 3.89. The molecule has 1 aliphatic carbocycles. The number of amides is 1. The smallest absolute Gasteiger partial charge is 0.269 e. The first kappa shape index (κ1) is 12.8. The van der Waals surface area contributed by atoms with Crippen molar-refractivity contribution in [3.05, 3.63) is 24.0 Å². The molecule has 16 heavy (non-hydrogen) atoms. The molecule has 1 aliphatic rings. The topological polar surface area (TPSA) is 68.0 Å². The molecule has 1 aromatic heterocycles. The molecule has 2 rings (SSSR count). The van der Waals surface area contributed by atoms with E-state index in [1.165, 1.54) is 19.0 Å². The van der Waals surface area contributed by atoms with Crippen LogP contribution in [0.15, 0.2) is 18.3 Å². The Labute approximate surface area is 101 Å². The van der Waals surface area contributed by atoms with Gasteiger partial charge in [0.05, 0.1) is 11.9 Å². The average Bonchev–Trinajstić information content (AvgIpc) is 2.95. The Bertz CT molecular complexity index is 373. The fourth-order valence-electron chi connectivity index (χ4n) is 1.31. The van der Waals surface area contributed by atoms with Gasteiger partial charge in [0.15, 0.2) is 0 Å². The van der Waals surface area contributed by atoms with Gasteiger partial charge in [-0.15, -0.1) is 12.4 Å². The van der Waals surface area contributed by atoms with Gasteiger partial charge in [-0.25, -0.2) is 4.98 Å². The van der Waals surface area contributed by atoms with Gasteiger partial charge in [0.1, 0.15) is 5.69 Å². The molecular formula is C11H16ClN3O. The van der Waals surface area contributed by atoms with Gasteiger partial charge < -0.3 is 11.1 Å². The van der Waals surface area contributed by atoms with Gasteiger partial charge in [-0.2, -0.15) is 0 Å². The molecule has 1 amide bonds. The molecule has 0 atom stereocenters. The van der Waals surface area contributed by atoms with Crippen LogP contribution in [0.1, 0.15) is 30.3 Å². The molecule has 88 valence electrons. The maximum absolute atomic E-state index is 11.6. The number of nitrogens with zero attached hydrogens (tertiary/aromatic N) is 1. The summed E-state index contributed by atoms with van der Waals surface area (Å²) in [5.74, 6) is -0.122. The van der Waals surface area contributed by atoms with Crippen LogP contribution in [0.3, 0.4) is 0 Å². The SMILES string of the molecule is CC1(CNC(=O)c2ccc(N)cn2)CC1.Cl. The van der Waals surface area contributed by atoms with Crippen LogP contribution in [0.2, 0.25) is 0 Å². The molecule has 1 saturated carbocycles. The lowest BCUT2D eigenvalue weighted by atomic mass is 10.1. The summed E-state index contributed by atoms with van der Waals surface area (Å²) in [6, 6.07) is 3.32. The summed E-state index contributed by atoms with van der Waals surface area (Å²) < 4.78 is 0. The predicted molar refractivity (Wildman–Crippen MR) is 65.6 cm³/mol. The van der Waals surface area contributed by atoms with Crippen LogP contribution in [0.25, 0.3) is 0 Å². The van der Waals surface area contributed by atoms with Crippen molar-refractivity contribution < 1.29 is 4.79 Å². The summed E-state index contributed by atoms with van der Waals surface area (Å²) in [4.78, 5) is 15.6. The van der Waals surface area contributed by atoms with Gasteiger partial charge in [-0.05, 0) is 30.4 Å². The number of carbonyl (C=O) groups is 1. The third-order valence-corrected chi connectivity index (χ3v) is 2.80. The van der Waals surface area contributed by atoms with Gasteiger partial charge in [0.2, 0.25) is 0 Å². The molecule has 0 radical (unpaired) electrons. The normalized spacial score (nSPS) is 16.1. The molecule has 3 N–H and O–H groups in total. The van der Waals surface area contributed by atoms with Crippen LogP contribution in [0, 0.1) is 5.41 Å². The Morgan fingerprint density at radius 2 is 2.25 bits per heavy atom. The Hall–Kier alpha value is -1.29. The lowest BCUT2D eigenvalue weighted by Crippen LogP contribution is -2.29. The molecule has 5 heteroatoms. The van der Waals surface area contributed by atoms with Crippen molar-refractivity contribution >= 4 is 24.0 Å². The first-order valence-corrected chi connectivity index (χ1v) is 5.09. The standard InChI is InChI=1S/C11H15N3O.ClH/c1-11(4-5-11)7-14-10(15)9-3-2-8(12)6-13-9;/h2-3,6H,4-5,7,12H2,1H3,(H,14,15);1H. The van der Waals surface area contributed by atoms with Crippen LogP contribution in [-0.2, 0) is 0 Å². The zero-order chi connectivity index (χ0) is 10.9. The van der Waals surface area contributed by atoms with E-state index in [1.54, 1.807) is 12.1 Å². The third kappa shape index (κ3) is 3.10. The molecule has 0 aromatic carbocycles. The Kier molecular flexibility index (Phi) is 3.75. The van der Waals surface area contributed by atoms with Crippen LogP contribution < -0.4 is 11.1 Å². The van der Waals surface area contributed by atoms with Gasteiger partial charge in [-0.1, -0.05) is 6.92 Å². The molecule has 0 bridgehead atoms. The number of nitrogens with two attached hydrogens (primary N) is 1. The molecule has 1 aromatic rings. The van der Waals surface area contributed by atoms with E-state index in [0.717, 1.165) is 6.54 Å². The highest BCUT2D eigenvalue weighted by Gasteiger charge is 2.37. The number of anilines is 1. The molecule has 1 heterocycles. The summed E-state index contributed by atoms with van der Waals surface area (Å²) in [6.45, 7) is 2.90. The molecule has 0 aliphatic heterocycles. The number of hydrogen-bond donors (Lipinski definition) is 2. The summed E-state index contributed by atoms with van der Waals surface area (Å²) >= 11 is 0. The number of hydrogen-bond acceptors (Lipinski definition) is 3. The molecule has 1 fully saturated rings. The number of aromatic nitrogens is 1.